The molecule has 0 aliphatic carbocycles. The average molecular weight is 250 g/mol. The summed E-state index contributed by atoms with van der Waals surface area (Å²) in [5.41, 5.74) is 0.671. The molecule has 0 atom stereocenters. The fourth-order valence-electron chi connectivity index (χ4n) is 1.18. The predicted octanol–water partition coefficient (Wildman–Crippen LogP) is 1.55. The van der Waals surface area contributed by atoms with Crippen molar-refractivity contribution < 1.29 is 24.2 Å². The Morgan fingerprint density at radius 1 is 1.39 bits per heavy atom. The van der Waals surface area contributed by atoms with Gasteiger partial charge in [0.15, 0.2) is 17.3 Å². The topological polar surface area (TPSA) is 72.8 Å². The van der Waals surface area contributed by atoms with Gasteiger partial charge in [-0.1, -0.05) is 6.07 Å². The molecule has 0 aliphatic heterocycles. The fourth-order valence-corrected chi connectivity index (χ4v) is 1.18. The summed E-state index contributed by atoms with van der Waals surface area (Å²) in [7, 11) is 1.43. The lowest BCUT2D eigenvalue weighted by Crippen LogP contribution is -2.08. The van der Waals surface area contributed by atoms with Crippen LogP contribution >= 0.6 is 0 Å². The third-order valence-corrected chi connectivity index (χ3v) is 2.03. The molecule has 0 aliphatic rings. The van der Waals surface area contributed by atoms with Crippen LogP contribution in [0.3, 0.4) is 0 Å². The van der Waals surface area contributed by atoms with Gasteiger partial charge in [-0.15, -0.1) is 0 Å². The number of rotatable bonds is 5. The Balaban J connectivity index is 2.66. The average Bonchev–Trinajstić information content (AvgIpc) is 2.35. The van der Waals surface area contributed by atoms with Crippen LogP contribution in [0.2, 0.25) is 0 Å². The van der Waals surface area contributed by atoms with E-state index in [0.717, 1.165) is 0 Å². The standard InChI is InChI=1S/C13H14O5/c1-9(14)8-18-13(16)6-4-10-3-5-11(15)12(7-10)17-2/h3-7,15H,8H2,1-2H3. The Hall–Kier alpha value is -2.30. The molecule has 1 aromatic carbocycles. The zero-order valence-corrected chi connectivity index (χ0v) is 10.2. The number of aromatic hydroxyl groups is 1. The van der Waals surface area contributed by atoms with E-state index in [-0.39, 0.29) is 18.1 Å². The molecule has 18 heavy (non-hydrogen) atoms. The maximum absolute atomic E-state index is 11.2. The lowest BCUT2D eigenvalue weighted by Gasteiger charge is -2.03. The molecular weight excluding hydrogens is 236 g/mol. The van der Waals surface area contributed by atoms with Gasteiger partial charge in [-0.25, -0.2) is 4.79 Å². The van der Waals surface area contributed by atoms with Crippen LogP contribution < -0.4 is 4.74 Å². The summed E-state index contributed by atoms with van der Waals surface area (Å²) in [5.74, 6) is -0.483. The predicted molar refractivity (Wildman–Crippen MR) is 65.3 cm³/mol. The van der Waals surface area contributed by atoms with E-state index in [1.165, 1.54) is 32.3 Å². The van der Waals surface area contributed by atoms with Crippen molar-refractivity contribution in [1.82, 2.24) is 0 Å². The van der Waals surface area contributed by atoms with Crippen LogP contribution in [0.15, 0.2) is 24.3 Å². The summed E-state index contributed by atoms with van der Waals surface area (Å²) in [6.07, 6.45) is 2.71. The monoisotopic (exact) mass is 250 g/mol. The normalized spacial score (nSPS) is 10.3. The van der Waals surface area contributed by atoms with Gasteiger partial charge < -0.3 is 14.6 Å². The van der Waals surface area contributed by atoms with Crippen LogP contribution in [0.25, 0.3) is 6.08 Å². The first kappa shape index (κ1) is 13.8. The molecule has 5 nitrogen and oxygen atoms in total. The summed E-state index contributed by atoms with van der Waals surface area (Å²) in [6.45, 7) is 1.10. The number of methoxy groups -OCH3 is 1. The van der Waals surface area contributed by atoms with E-state index in [4.69, 9.17) is 4.74 Å². The summed E-state index contributed by atoms with van der Waals surface area (Å²) in [5, 5.41) is 9.38. The number of phenols is 1. The number of hydrogen-bond acceptors (Lipinski definition) is 5. The molecular formula is C13H14O5. The number of hydrogen-bond donors (Lipinski definition) is 1. The van der Waals surface area contributed by atoms with Crippen molar-refractivity contribution in [2.45, 2.75) is 6.92 Å². The van der Waals surface area contributed by atoms with Gasteiger partial charge in [-0.3, -0.25) is 4.79 Å². The van der Waals surface area contributed by atoms with Gasteiger partial charge in [0.1, 0.15) is 6.61 Å². The zero-order valence-electron chi connectivity index (χ0n) is 10.2. The van der Waals surface area contributed by atoms with Crippen LogP contribution in [0, 0.1) is 0 Å². The Labute approximate surface area is 105 Å². The Bertz CT molecular complexity index is 476. The van der Waals surface area contributed by atoms with Crippen molar-refractivity contribution in [2.24, 2.45) is 0 Å². The SMILES string of the molecule is COc1cc(C=CC(=O)OCC(C)=O)ccc1O. The first-order valence-corrected chi connectivity index (χ1v) is 5.24. The third kappa shape index (κ3) is 4.29. The van der Waals surface area contributed by atoms with Crippen LogP contribution in [0.1, 0.15) is 12.5 Å². The second-order valence-corrected chi connectivity index (χ2v) is 3.57. The summed E-state index contributed by atoms with van der Waals surface area (Å²) < 4.78 is 9.58. The van der Waals surface area contributed by atoms with Crippen molar-refractivity contribution in [1.29, 1.82) is 0 Å². The van der Waals surface area contributed by atoms with Crippen molar-refractivity contribution >= 4 is 17.8 Å². The largest absolute Gasteiger partial charge is 0.504 e. The highest BCUT2D eigenvalue weighted by Crippen LogP contribution is 2.26. The van der Waals surface area contributed by atoms with Gasteiger partial charge in [0.2, 0.25) is 0 Å². The molecule has 0 saturated heterocycles. The van der Waals surface area contributed by atoms with Gasteiger partial charge >= 0.3 is 5.97 Å². The van der Waals surface area contributed by atoms with E-state index in [2.05, 4.69) is 4.74 Å². The van der Waals surface area contributed by atoms with Gasteiger partial charge in [0.25, 0.3) is 0 Å². The lowest BCUT2D eigenvalue weighted by molar-refractivity contribution is -0.142. The minimum absolute atomic E-state index is 0.0220. The maximum atomic E-state index is 11.2. The van der Waals surface area contributed by atoms with Gasteiger partial charge in [0.05, 0.1) is 7.11 Å². The maximum Gasteiger partial charge on any atom is 0.331 e. The highest BCUT2D eigenvalue weighted by atomic mass is 16.5. The molecule has 96 valence electrons. The Kier molecular flexibility index (Phi) is 4.92. The first-order valence-electron chi connectivity index (χ1n) is 5.24. The Morgan fingerprint density at radius 3 is 2.72 bits per heavy atom. The Morgan fingerprint density at radius 2 is 2.11 bits per heavy atom. The van der Waals surface area contributed by atoms with Crippen molar-refractivity contribution in [3.8, 4) is 11.5 Å². The molecule has 0 unspecified atom stereocenters. The molecule has 1 rings (SSSR count). The summed E-state index contributed by atoms with van der Waals surface area (Å²) in [4.78, 5) is 21.8. The number of Topliss-reactive ketones (excluding diaryl/α,β-unsaturated/α-hetero) is 1. The molecule has 1 N–H and O–H groups in total. The number of esters is 1. The van der Waals surface area contributed by atoms with Crippen molar-refractivity contribution in [3.63, 3.8) is 0 Å². The van der Waals surface area contributed by atoms with Crippen LogP contribution in [0.5, 0.6) is 11.5 Å². The van der Waals surface area contributed by atoms with Crippen LogP contribution in [0.4, 0.5) is 0 Å². The highest BCUT2D eigenvalue weighted by molar-refractivity contribution is 5.89. The molecule has 0 amide bonds. The van der Waals surface area contributed by atoms with Gasteiger partial charge in [-0.05, 0) is 30.7 Å². The number of benzene rings is 1. The first-order chi connectivity index (χ1) is 8.52. The number of ether oxygens (including phenoxy) is 2. The van der Waals surface area contributed by atoms with Gasteiger partial charge in [0, 0.05) is 6.08 Å². The molecule has 0 spiro atoms. The number of carbonyl (C=O) groups excluding carboxylic acids is 2. The molecule has 0 heterocycles. The van der Waals surface area contributed by atoms with E-state index in [0.29, 0.717) is 11.3 Å². The summed E-state index contributed by atoms with van der Waals surface area (Å²) >= 11 is 0. The fraction of sp³-hybridized carbons (Fsp3) is 0.231. The highest BCUT2D eigenvalue weighted by Gasteiger charge is 2.02. The quantitative estimate of drug-likeness (QED) is 0.634. The lowest BCUT2D eigenvalue weighted by atomic mass is 10.2. The second kappa shape index (κ2) is 6.44. The molecule has 0 bridgehead atoms. The molecule has 0 aromatic heterocycles. The number of carbonyl (C=O) groups is 2. The van der Waals surface area contributed by atoms with Crippen LogP contribution in [-0.2, 0) is 14.3 Å². The zero-order chi connectivity index (χ0) is 13.5. The molecule has 5 heteroatoms. The minimum Gasteiger partial charge on any atom is -0.504 e. The number of phenolic OH excluding ortho intramolecular Hbond substituents is 1. The molecule has 1 aromatic rings. The van der Waals surface area contributed by atoms with E-state index >= 15 is 0 Å². The van der Waals surface area contributed by atoms with Crippen molar-refractivity contribution in [2.75, 3.05) is 13.7 Å². The van der Waals surface area contributed by atoms with Crippen molar-refractivity contribution in [3.05, 3.63) is 29.8 Å². The number of ketones is 1. The van der Waals surface area contributed by atoms with E-state index < -0.39 is 5.97 Å². The molecule has 0 radical (unpaired) electrons. The van der Waals surface area contributed by atoms with E-state index in [1.807, 2.05) is 0 Å². The van der Waals surface area contributed by atoms with E-state index in [9.17, 15) is 14.7 Å². The minimum atomic E-state index is -0.600. The van der Waals surface area contributed by atoms with Gasteiger partial charge in [-0.2, -0.15) is 0 Å². The third-order valence-electron chi connectivity index (χ3n) is 2.03. The molecule has 0 fully saturated rings. The smallest absolute Gasteiger partial charge is 0.331 e. The molecule has 0 saturated carbocycles. The van der Waals surface area contributed by atoms with E-state index in [1.54, 1.807) is 12.1 Å². The second-order valence-electron chi connectivity index (χ2n) is 3.57. The summed E-state index contributed by atoms with van der Waals surface area (Å²) in [6, 6.07) is 4.65. The van der Waals surface area contributed by atoms with Crippen LogP contribution in [-0.4, -0.2) is 30.6 Å².